The highest BCUT2D eigenvalue weighted by Gasteiger charge is 2.16. The van der Waals surface area contributed by atoms with Gasteiger partial charge in [0.15, 0.2) is 11.5 Å². The molecule has 0 atom stereocenters. The van der Waals surface area contributed by atoms with Crippen molar-refractivity contribution in [3.8, 4) is 39.1 Å². The minimum absolute atomic E-state index is 0.590. The van der Waals surface area contributed by atoms with Gasteiger partial charge in [0.25, 0.3) is 0 Å². The Labute approximate surface area is 200 Å². The van der Waals surface area contributed by atoms with Crippen LogP contribution in [0.2, 0.25) is 0 Å². The highest BCUT2D eigenvalue weighted by atomic mass is 32.1. The molecule has 6 nitrogen and oxygen atoms in total. The number of piperazine rings is 1. The highest BCUT2D eigenvalue weighted by molar-refractivity contribution is 7.13. The summed E-state index contributed by atoms with van der Waals surface area (Å²) in [5.74, 6) is 2.39. The van der Waals surface area contributed by atoms with Crippen LogP contribution in [0.3, 0.4) is 0 Å². The quantitative estimate of drug-likeness (QED) is 0.440. The lowest BCUT2D eigenvalue weighted by molar-refractivity contribution is 0.148. The maximum absolute atomic E-state index is 5.80. The third kappa shape index (κ3) is 5.85. The van der Waals surface area contributed by atoms with Gasteiger partial charge in [-0.2, -0.15) is 0 Å². The van der Waals surface area contributed by atoms with Crippen LogP contribution >= 0.6 is 11.3 Å². The molecule has 176 valence electrons. The van der Waals surface area contributed by atoms with Crippen LogP contribution in [-0.4, -0.2) is 68.3 Å². The zero-order chi connectivity index (χ0) is 23.2. The molecule has 3 aromatic rings. The van der Waals surface area contributed by atoms with Gasteiger partial charge in [-0.05, 0) is 62.9 Å². The Morgan fingerprint density at radius 3 is 2.39 bits per heavy atom. The van der Waals surface area contributed by atoms with Crippen molar-refractivity contribution < 1.29 is 14.2 Å². The molecule has 1 aromatic heterocycles. The molecule has 1 aliphatic rings. The van der Waals surface area contributed by atoms with Gasteiger partial charge in [-0.3, -0.25) is 4.90 Å². The molecule has 1 fully saturated rings. The fourth-order valence-corrected chi connectivity index (χ4v) is 4.83. The van der Waals surface area contributed by atoms with Gasteiger partial charge < -0.3 is 19.1 Å². The normalized spacial score (nSPS) is 14.9. The summed E-state index contributed by atoms with van der Waals surface area (Å²) >= 11 is 1.63. The first-order chi connectivity index (χ1) is 16.1. The number of rotatable bonds is 9. The molecule has 2 heterocycles. The van der Waals surface area contributed by atoms with Crippen molar-refractivity contribution in [2.75, 3.05) is 53.6 Å². The number of ether oxygens (including phenoxy) is 3. The number of aromatic nitrogens is 1. The van der Waals surface area contributed by atoms with Gasteiger partial charge in [-0.1, -0.05) is 0 Å². The van der Waals surface area contributed by atoms with E-state index in [1.54, 1.807) is 18.4 Å². The van der Waals surface area contributed by atoms with Crippen LogP contribution in [0.5, 0.6) is 17.2 Å². The van der Waals surface area contributed by atoms with Crippen LogP contribution in [0.4, 0.5) is 0 Å². The smallest absolute Gasteiger partial charge is 0.161 e. The van der Waals surface area contributed by atoms with E-state index < -0.39 is 0 Å². The number of benzene rings is 2. The molecule has 0 aliphatic carbocycles. The Morgan fingerprint density at radius 2 is 1.67 bits per heavy atom. The molecule has 0 saturated carbocycles. The van der Waals surface area contributed by atoms with Gasteiger partial charge in [0.2, 0.25) is 0 Å². The maximum atomic E-state index is 5.80. The summed E-state index contributed by atoms with van der Waals surface area (Å²) in [6.45, 7) is 10.5. The van der Waals surface area contributed by atoms with Gasteiger partial charge in [-0.15, -0.1) is 11.3 Å². The number of likely N-dealkylation sites (N-methyl/N-ethyl adjacent to an activating group) is 1. The predicted octanol–water partition coefficient (Wildman–Crippen LogP) is 5.03. The van der Waals surface area contributed by atoms with E-state index in [1.807, 2.05) is 32.0 Å². The summed E-state index contributed by atoms with van der Waals surface area (Å²) < 4.78 is 17.1. The fraction of sp³-hybridized carbons (Fsp3) is 0.423. The number of methoxy groups -OCH3 is 1. The van der Waals surface area contributed by atoms with Crippen LogP contribution in [0.15, 0.2) is 41.8 Å². The van der Waals surface area contributed by atoms with Crippen molar-refractivity contribution in [1.82, 2.24) is 14.8 Å². The van der Waals surface area contributed by atoms with Gasteiger partial charge >= 0.3 is 0 Å². The Balaban J connectivity index is 1.58. The van der Waals surface area contributed by atoms with E-state index >= 15 is 0 Å². The third-order valence-electron chi connectivity index (χ3n) is 5.79. The summed E-state index contributed by atoms with van der Waals surface area (Å²) in [6.07, 6.45) is 0. The van der Waals surface area contributed by atoms with E-state index in [4.69, 9.17) is 19.2 Å². The van der Waals surface area contributed by atoms with E-state index in [0.717, 1.165) is 71.8 Å². The molecule has 0 spiro atoms. The lowest BCUT2D eigenvalue weighted by atomic mass is 10.1. The van der Waals surface area contributed by atoms with Crippen molar-refractivity contribution in [3.05, 3.63) is 47.3 Å². The molecule has 0 radical (unpaired) electrons. The van der Waals surface area contributed by atoms with Crippen LogP contribution in [0.1, 0.15) is 19.4 Å². The zero-order valence-electron chi connectivity index (χ0n) is 20.0. The fourth-order valence-electron chi connectivity index (χ4n) is 4.00. The van der Waals surface area contributed by atoms with E-state index in [-0.39, 0.29) is 0 Å². The second kappa shape index (κ2) is 11.0. The molecule has 33 heavy (non-hydrogen) atoms. The molecule has 2 aromatic carbocycles. The molecule has 0 bridgehead atoms. The molecule has 0 N–H and O–H groups in total. The second-order valence-corrected chi connectivity index (χ2v) is 9.07. The van der Waals surface area contributed by atoms with Crippen LogP contribution in [0.25, 0.3) is 21.8 Å². The molecule has 0 unspecified atom stereocenters. The third-order valence-corrected chi connectivity index (χ3v) is 6.69. The maximum Gasteiger partial charge on any atom is 0.161 e. The Hall–Kier alpha value is -2.61. The van der Waals surface area contributed by atoms with Crippen LogP contribution in [0, 0.1) is 0 Å². The first-order valence-electron chi connectivity index (χ1n) is 11.5. The van der Waals surface area contributed by atoms with E-state index in [1.165, 1.54) is 5.56 Å². The number of hydrogen-bond acceptors (Lipinski definition) is 7. The molecule has 1 aliphatic heterocycles. The van der Waals surface area contributed by atoms with Crippen LogP contribution < -0.4 is 14.2 Å². The van der Waals surface area contributed by atoms with Crippen molar-refractivity contribution >= 4 is 11.3 Å². The van der Waals surface area contributed by atoms with E-state index in [2.05, 4.69) is 40.4 Å². The monoisotopic (exact) mass is 467 g/mol. The number of nitrogens with zero attached hydrogens (tertiary/aromatic N) is 3. The van der Waals surface area contributed by atoms with Gasteiger partial charge in [0.05, 0.1) is 26.0 Å². The molecule has 0 amide bonds. The van der Waals surface area contributed by atoms with Gasteiger partial charge in [0.1, 0.15) is 10.8 Å². The van der Waals surface area contributed by atoms with Gasteiger partial charge in [0, 0.05) is 49.2 Å². The van der Waals surface area contributed by atoms with Gasteiger partial charge in [-0.25, -0.2) is 4.98 Å². The second-order valence-electron chi connectivity index (χ2n) is 8.21. The summed E-state index contributed by atoms with van der Waals surface area (Å²) in [5, 5.41) is 3.07. The molecule has 7 heteroatoms. The summed E-state index contributed by atoms with van der Waals surface area (Å²) in [4.78, 5) is 9.82. The average Bonchev–Trinajstić information content (AvgIpc) is 3.32. The number of hydrogen-bond donors (Lipinski definition) is 0. The predicted molar refractivity (Wildman–Crippen MR) is 135 cm³/mol. The topological polar surface area (TPSA) is 47.1 Å². The van der Waals surface area contributed by atoms with Crippen LogP contribution in [-0.2, 0) is 6.54 Å². The Morgan fingerprint density at radius 1 is 0.909 bits per heavy atom. The van der Waals surface area contributed by atoms with Crippen molar-refractivity contribution in [2.24, 2.45) is 0 Å². The molecular formula is C26H33N3O3S. The Kier molecular flexibility index (Phi) is 7.85. The van der Waals surface area contributed by atoms with Crippen molar-refractivity contribution in [1.29, 1.82) is 0 Å². The molecular weight excluding hydrogens is 434 g/mol. The summed E-state index contributed by atoms with van der Waals surface area (Å²) in [7, 11) is 3.91. The first-order valence-corrected chi connectivity index (χ1v) is 12.4. The summed E-state index contributed by atoms with van der Waals surface area (Å²) in [6, 6.07) is 12.5. The SMILES string of the molecule is CCOc1ccc(-c2nc(-c3cc(CN4CCN(C)CC4)cc(OC)c3)cs2)cc1OCC. The standard InChI is InChI=1S/C26H33N3O3S/c1-5-31-24-8-7-20(16-25(24)32-6-2)26-27-23(18-33-26)21-13-19(14-22(15-21)30-4)17-29-11-9-28(3)10-12-29/h7-8,13-16,18H,5-6,9-12,17H2,1-4H3. The minimum Gasteiger partial charge on any atom is -0.497 e. The lowest BCUT2D eigenvalue weighted by Gasteiger charge is -2.32. The molecule has 1 saturated heterocycles. The van der Waals surface area contributed by atoms with Crippen molar-refractivity contribution in [3.63, 3.8) is 0 Å². The minimum atomic E-state index is 0.590. The lowest BCUT2D eigenvalue weighted by Crippen LogP contribution is -2.43. The zero-order valence-corrected chi connectivity index (χ0v) is 20.8. The molecule has 4 rings (SSSR count). The Bertz CT molecular complexity index is 1060. The summed E-state index contributed by atoms with van der Waals surface area (Å²) in [5.41, 5.74) is 4.32. The van der Waals surface area contributed by atoms with Crippen molar-refractivity contribution in [2.45, 2.75) is 20.4 Å². The average molecular weight is 468 g/mol. The highest BCUT2D eigenvalue weighted by Crippen LogP contribution is 2.36. The first kappa shape index (κ1) is 23.5. The van der Waals surface area contributed by atoms with E-state index in [9.17, 15) is 0 Å². The van der Waals surface area contributed by atoms with E-state index in [0.29, 0.717) is 13.2 Å². The largest absolute Gasteiger partial charge is 0.497 e. The number of thiazole rings is 1.